The molecule has 0 unspecified atom stereocenters. The first-order valence-corrected chi connectivity index (χ1v) is 5.81. The van der Waals surface area contributed by atoms with E-state index >= 15 is 0 Å². The van der Waals surface area contributed by atoms with Crippen molar-refractivity contribution in [2.24, 2.45) is 5.73 Å². The second-order valence-electron chi connectivity index (χ2n) is 3.54. The first kappa shape index (κ1) is 15.3. The molecule has 0 bridgehead atoms. The van der Waals surface area contributed by atoms with Crippen molar-refractivity contribution in [2.45, 2.75) is 12.8 Å². The molecule has 0 fully saturated rings. The zero-order chi connectivity index (χ0) is 12.1. The predicted octanol–water partition coefficient (Wildman–Crippen LogP) is -1.42. The molecule has 0 aliphatic heterocycles. The van der Waals surface area contributed by atoms with Crippen molar-refractivity contribution in [3.63, 3.8) is 0 Å². The van der Waals surface area contributed by atoms with Crippen molar-refractivity contribution in [3.8, 4) is 0 Å². The number of nitrogens with one attached hydrogen (secondary N) is 3. The second kappa shape index (κ2) is 12.4. The van der Waals surface area contributed by atoms with Crippen LogP contribution in [0.1, 0.15) is 12.8 Å². The quantitative estimate of drug-likeness (QED) is 0.265. The van der Waals surface area contributed by atoms with Gasteiger partial charge in [-0.15, -0.1) is 0 Å². The summed E-state index contributed by atoms with van der Waals surface area (Å²) in [6.07, 6.45) is 0.927. The van der Waals surface area contributed by atoms with Gasteiger partial charge in [0.2, 0.25) is 0 Å². The molecule has 0 aromatic carbocycles. The Morgan fingerprint density at radius 1 is 0.938 bits per heavy atom. The maximum Gasteiger partial charge on any atom is 0.303 e. The standard InChI is InChI=1S/C10H24N4O2/c11-3-5-13-7-9-14-8-6-12-4-1-2-10(15)16/h12-14H,1-9,11H2,(H,15,16). The van der Waals surface area contributed by atoms with Gasteiger partial charge in [-0.05, 0) is 13.0 Å². The fourth-order valence-electron chi connectivity index (χ4n) is 1.20. The fraction of sp³-hybridized carbons (Fsp3) is 0.900. The molecular weight excluding hydrogens is 208 g/mol. The van der Waals surface area contributed by atoms with Gasteiger partial charge in [-0.2, -0.15) is 0 Å². The SMILES string of the molecule is NCCNCCNCCNCCCC(=O)O. The normalized spacial score (nSPS) is 10.6. The van der Waals surface area contributed by atoms with Crippen LogP contribution in [0.25, 0.3) is 0 Å². The summed E-state index contributed by atoms with van der Waals surface area (Å²) in [7, 11) is 0. The highest BCUT2D eigenvalue weighted by Crippen LogP contribution is 1.84. The van der Waals surface area contributed by atoms with Crippen LogP contribution >= 0.6 is 0 Å². The second-order valence-corrected chi connectivity index (χ2v) is 3.54. The molecule has 6 N–H and O–H groups in total. The summed E-state index contributed by atoms with van der Waals surface area (Å²) in [5, 5.41) is 18.0. The number of carboxylic acid groups (broad SMARTS) is 1. The number of hydrogen-bond donors (Lipinski definition) is 5. The van der Waals surface area contributed by atoms with E-state index in [9.17, 15) is 4.79 Å². The Labute approximate surface area is 97.0 Å². The van der Waals surface area contributed by atoms with Crippen LogP contribution in [0.2, 0.25) is 0 Å². The monoisotopic (exact) mass is 232 g/mol. The summed E-state index contributed by atoms with van der Waals surface area (Å²) in [4.78, 5) is 10.2. The Bertz CT molecular complexity index is 167. The van der Waals surface area contributed by atoms with E-state index < -0.39 is 5.97 Å². The minimum atomic E-state index is -0.731. The Balaban J connectivity index is 2.90. The third kappa shape index (κ3) is 13.3. The Morgan fingerprint density at radius 3 is 1.94 bits per heavy atom. The molecule has 0 aromatic rings. The summed E-state index contributed by atoms with van der Waals surface area (Å²) in [5.41, 5.74) is 5.32. The average Bonchev–Trinajstić information content (AvgIpc) is 2.25. The van der Waals surface area contributed by atoms with Crippen molar-refractivity contribution in [1.29, 1.82) is 0 Å². The highest BCUT2D eigenvalue weighted by atomic mass is 16.4. The minimum absolute atomic E-state index is 0.240. The Morgan fingerprint density at radius 2 is 1.44 bits per heavy atom. The lowest BCUT2D eigenvalue weighted by molar-refractivity contribution is -0.137. The number of nitrogens with two attached hydrogens (primary N) is 1. The van der Waals surface area contributed by atoms with Crippen molar-refractivity contribution in [1.82, 2.24) is 16.0 Å². The number of aliphatic carboxylic acids is 1. The van der Waals surface area contributed by atoms with E-state index in [0.717, 1.165) is 39.3 Å². The molecule has 0 aromatic heterocycles. The van der Waals surface area contributed by atoms with E-state index in [2.05, 4.69) is 16.0 Å². The lowest BCUT2D eigenvalue weighted by Gasteiger charge is -2.06. The van der Waals surface area contributed by atoms with Gasteiger partial charge in [-0.25, -0.2) is 0 Å². The lowest BCUT2D eigenvalue weighted by Crippen LogP contribution is -2.34. The number of rotatable bonds is 12. The van der Waals surface area contributed by atoms with E-state index in [1.165, 1.54) is 0 Å². The number of hydrogen-bond acceptors (Lipinski definition) is 5. The van der Waals surface area contributed by atoms with Gasteiger partial charge in [0.15, 0.2) is 0 Å². The summed E-state index contributed by atoms with van der Waals surface area (Å²) < 4.78 is 0. The highest BCUT2D eigenvalue weighted by Gasteiger charge is 1.95. The van der Waals surface area contributed by atoms with Gasteiger partial charge in [0.1, 0.15) is 0 Å². The molecular formula is C10H24N4O2. The van der Waals surface area contributed by atoms with Crippen LogP contribution in [0.3, 0.4) is 0 Å². The molecule has 0 saturated carbocycles. The van der Waals surface area contributed by atoms with Crippen LogP contribution in [-0.2, 0) is 4.79 Å². The van der Waals surface area contributed by atoms with E-state index in [1.54, 1.807) is 0 Å². The summed E-state index contributed by atoms with van der Waals surface area (Å²) in [6.45, 7) is 5.92. The van der Waals surface area contributed by atoms with Gasteiger partial charge in [-0.3, -0.25) is 4.79 Å². The Hall–Kier alpha value is -0.690. The van der Waals surface area contributed by atoms with Crippen molar-refractivity contribution in [3.05, 3.63) is 0 Å². The maximum atomic E-state index is 10.2. The van der Waals surface area contributed by atoms with Gasteiger partial charge in [0, 0.05) is 45.7 Å². The third-order valence-corrected chi connectivity index (χ3v) is 2.02. The van der Waals surface area contributed by atoms with Gasteiger partial charge >= 0.3 is 5.97 Å². The number of carboxylic acids is 1. The zero-order valence-electron chi connectivity index (χ0n) is 9.80. The van der Waals surface area contributed by atoms with Crippen LogP contribution in [0.4, 0.5) is 0 Å². The molecule has 0 saturated heterocycles. The van der Waals surface area contributed by atoms with Crippen molar-refractivity contribution >= 4 is 5.97 Å². The molecule has 0 rings (SSSR count). The van der Waals surface area contributed by atoms with Gasteiger partial charge < -0.3 is 26.8 Å². The summed E-state index contributed by atoms with van der Waals surface area (Å²) in [5.74, 6) is -0.731. The smallest absolute Gasteiger partial charge is 0.303 e. The molecule has 0 atom stereocenters. The first-order valence-electron chi connectivity index (χ1n) is 5.81. The third-order valence-electron chi connectivity index (χ3n) is 2.02. The average molecular weight is 232 g/mol. The highest BCUT2D eigenvalue weighted by molar-refractivity contribution is 5.66. The Kier molecular flexibility index (Phi) is 11.8. The lowest BCUT2D eigenvalue weighted by atomic mass is 10.3. The fourth-order valence-corrected chi connectivity index (χ4v) is 1.20. The van der Waals surface area contributed by atoms with Gasteiger partial charge in [-0.1, -0.05) is 0 Å². The van der Waals surface area contributed by atoms with Crippen LogP contribution in [0.5, 0.6) is 0 Å². The van der Waals surface area contributed by atoms with E-state index in [1.807, 2.05) is 0 Å². The maximum absolute atomic E-state index is 10.2. The van der Waals surface area contributed by atoms with E-state index in [4.69, 9.17) is 10.8 Å². The molecule has 96 valence electrons. The predicted molar refractivity (Wildman–Crippen MR) is 64.5 cm³/mol. The first-order chi connectivity index (χ1) is 7.77. The molecule has 0 amide bonds. The summed E-state index contributed by atoms with van der Waals surface area (Å²) in [6, 6.07) is 0. The molecule has 6 heteroatoms. The molecule has 0 radical (unpaired) electrons. The van der Waals surface area contributed by atoms with Crippen molar-refractivity contribution in [2.75, 3.05) is 45.8 Å². The zero-order valence-corrected chi connectivity index (χ0v) is 9.80. The number of carbonyl (C=O) groups is 1. The molecule has 6 nitrogen and oxygen atoms in total. The van der Waals surface area contributed by atoms with Crippen LogP contribution in [0.15, 0.2) is 0 Å². The van der Waals surface area contributed by atoms with Crippen LogP contribution < -0.4 is 21.7 Å². The summed E-state index contributed by atoms with van der Waals surface area (Å²) >= 11 is 0. The molecule has 0 spiro atoms. The topological polar surface area (TPSA) is 99.4 Å². The van der Waals surface area contributed by atoms with Gasteiger partial charge in [0.05, 0.1) is 0 Å². The molecule has 0 aliphatic carbocycles. The van der Waals surface area contributed by atoms with Crippen molar-refractivity contribution < 1.29 is 9.90 Å². The minimum Gasteiger partial charge on any atom is -0.481 e. The molecule has 0 heterocycles. The largest absolute Gasteiger partial charge is 0.481 e. The van der Waals surface area contributed by atoms with Crippen LogP contribution in [0, 0.1) is 0 Å². The molecule has 16 heavy (non-hydrogen) atoms. The van der Waals surface area contributed by atoms with E-state index in [-0.39, 0.29) is 6.42 Å². The van der Waals surface area contributed by atoms with E-state index in [0.29, 0.717) is 13.0 Å². The van der Waals surface area contributed by atoms with Gasteiger partial charge in [0.25, 0.3) is 0 Å². The van der Waals surface area contributed by atoms with Crippen LogP contribution in [-0.4, -0.2) is 56.9 Å². The molecule has 0 aliphatic rings.